The highest BCUT2D eigenvalue weighted by molar-refractivity contribution is 5.63. The van der Waals surface area contributed by atoms with Crippen LogP contribution in [0.1, 0.15) is 18.4 Å². The third kappa shape index (κ3) is 2.76. The molecule has 1 atom stereocenters. The van der Waals surface area contributed by atoms with Gasteiger partial charge in [0.05, 0.1) is 11.0 Å². The Morgan fingerprint density at radius 3 is 2.83 bits per heavy atom. The first kappa shape index (κ1) is 12.8. The van der Waals surface area contributed by atoms with Crippen molar-refractivity contribution in [2.45, 2.75) is 25.8 Å². The van der Waals surface area contributed by atoms with Crippen molar-refractivity contribution in [2.75, 3.05) is 11.9 Å². The Morgan fingerprint density at radius 1 is 1.61 bits per heavy atom. The molecule has 1 fully saturated rings. The van der Waals surface area contributed by atoms with E-state index in [1.165, 1.54) is 6.07 Å². The van der Waals surface area contributed by atoms with Crippen molar-refractivity contribution >= 4 is 11.4 Å². The first-order chi connectivity index (χ1) is 8.49. The minimum absolute atomic E-state index is 0.00466. The number of anilines is 1. The maximum absolute atomic E-state index is 13.3. The summed E-state index contributed by atoms with van der Waals surface area (Å²) in [5.41, 5.74) is 6.37. The van der Waals surface area contributed by atoms with Crippen molar-refractivity contribution in [2.24, 2.45) is 11.7 Å². The number of nitrogens with zero attached hydrogens (tertiary/aromatic N) is 1. The van der Waals surface area contributed by atoms with Gasteiger partial charge >= 0.3 is 0 Å². The van der Waals surface area contributed by atoms with E-state index in [1.807, 2.05) is 0 Å². The lowest BCUT2D eigenvalue weighted by Gasteiger charge is -2.13. The molecule has 0 heterocycles. The summed E-state index contributed by atoms with van der Waals surface area (Å²) in [6.45, 7) is 2.04. The monoisotopic (exact) mass is 253 g/mol. The molecule has 2 rings (SSSR count). The van der Waals surface area contributed by atoms with Crippen LogP contribution in [-0.4, -0.2) is 17.5 Å². The number of halogens is 1. The summed E-state index contributed by atoms with van der Waals surface area (Å²) in [5, 5.41) is 13.8. The largest absolute Gasteiger partial charge is 0.378 e. The van der Waals surface area contributed by atoms with Crippen LogP contribution in [0.25, 0.3) is 0 Å². The van der Waals surface area contributed by atoms with E-state index in [-0.39, 0.29) is 11.7 Å². The third-order valence-corrected chi connectivity index (χ3v) is 3.23. The van der Waals surface area contributed by atoms with E-state index in [0.29, 0.717) is 23.7 Å². The Kier molecular flexibility index (Phi) is 3.47. The minimum Gasteiger partial charge on any atom is -0.378 e. The summed E-state index contributed by atoms with van der Waals surface area (Å²) in [5.74, 6) is -0.0585. The number of hydrogen-bond donors (Lipinski definition) is 2. The van der Waals surface area contributed by atoms with Crippen LogP contribution in [0, 0.1) is 28.8 Å². The Labute approximate surface area is 104 Å². The lowest BCUT2D eigenvalue weighted by Crippen LogP contribution is -2.31. The van der Waals surface area contributed by atoms with Gasteiger partial charge in [0.15, 0.2) is 0 Å². The van der Waals surface area contributed by atoms with Crippen LogP contribution in [0.15, 0.2) is 12.1 Å². The number of nitrogens with two attached hydrogens (primary N) is 1. The van der Waals surface area contributed by atoms with Gasteiger partial charge in [-0.1, -0.05) is 0 Å². The molecule has 1 saturated carbocycles. The smallest absolute Gasteiger partial charge is 0.295 e. The number of benzene rings is 1. The Balaban J connectivity index is 2.14. The van der Waals surface area contributed by atoms with Crippen molar-refractivity contribution in [3.05, 3.63) is 33.6 Å². The van der Waals surface area contributed by atoms with Gasteiger partial charge in [0.25, 0.3) is 5.69 Å². The summed E-state index contributed by atoms with van der Waals surface area (Å²) < 4.78 is 13.3. The summed E-state index contributed by atoms with van der Waals surface area (Å²) >= 11 is 0. The topological polar surface area (TPSA) is 81.2 Å². The molecular weight excluding hydrogens is 237 g/mol. The molecule has 1 unspecified atom stereocenters. The first-order valence-corrected chi connectivity index (χ1v) is 5.93. The molecule has 98 valence electrons. The molecule has 0 saturated heterocycles. The van der Waals surface area contributed by atoms with Gasteiger partial charge in [0.1, 0.15) is 11.5 Å². The van der Waals surface area contributed by atoms with Gasteiger partial charge in [0.2, 0.25) is 0 Å². The number of nitrogens with one attached hydrogen (secondary N) is 1. The van der Waals surface area contributed by atoms with Gasteiger partial charge in [-0.25, -0.2) is 4.39 Å². The predicted molar refractivity (Wildman–Crippen MR) is 67.0 cm³/mol. The van der Waals surface area contributed by atoms with Crippen molar-refractivity contribution in [3.8, 4) is 0 Å². The van der Waals surface area contributed by atoms with E-state index in [9.17, 15) is 14.5 Å². The van der Waals surface area contributed by atoms with Crippen LogP contribution >= 0.6 is 0 Å². The zero-order valence-electron chi connectivity index (χ0n) is 10.1. The number of aryl methyl sites for hydroxylation is 1. The highest BCUT2D eigenvalue weighted by atomic mass is 19.1. The van der Waals surface area contributed by atoms with Crippen LogP contribution in [0.3, 0.4) is 0 Å². The van der Waals surface area contributed by atoms with Gasteiger partial charge in [-0.3, -0.25) is 10.1 Å². The maximum Gasteiger partial charge on any atom is 0.295 e. The molecule has 1 aromatic rings. The van der Waals surface area contributed by atoms with Crippen molar-refractivity contribution in [1.82, 2.24) is 0 Å². The van der Waals surface area contributed by atoms with Crippen LogP contribution < -0.4 is 11.1 Å². The van der Waals surface area contributed by atoms with Gasteiger partial charge in [-0.2, -0.15) is 0 Å². The normalized spacial score (nSPS) is 16.4. The molecule has 0 radical (unpaired) electrons. The Morgan fingerprint density at radius 2 is 2.28 bits per heavy atom. The minimum atomic E-state index is -0.590. The predicted octanol–water partition coefficient (Wildman–Crippen LogP) is 2.19. The fourth-order valence-electron chi connectivity index (χ4n) is 1.88. The van der Waals surface area contributed by atoms with E-state index in [0.717, 1.165) is 18.9 Å². The van der Waals surface area contributed by atoms with Crippen LogP contribution in [0.2, 0.25) is 0 Å². The molecular formula is C12H16FN3O2. The number of hydrogen-bond acceptors (Lipinski definition) is 4. The second-order valence-electron chi connectivity index (χ2n) is 4.76. The average Bonchev–Trinajstić information content (AvgIpc) is 3.13. The third-order valence-electron chi connectivity index (χ3n) is 3.23. The molecule has 0 aromatic heterocycles. The second kappa shape index (κ2) is 4.89. The van der Waals surface area contributed by atoms with E-state index < -0.39 is 10.7 Å². The van der Waals surface area contributed by atoms with Gasteiger partial charge in [-0.05, 0) is 37.3 Å². The van der Waals surface area contributed by atoms with Crippen molar-refractivity contribution in [3.63, 3.8) is 0 Å². The zero-order valence-corrected chi connectivity index (χ0v) is 10.1. The van der Waals surface area contributed by atoms with Crippen LogP contribution in [0.4, 0.5) is 15.8 Å². The lowest BCUT2D eigenvalue weighted by molar-refractivity contribution is -0.384. The molecule has 1 aromatic carbocycles. The molecule has 0 amide bonds. The number of nitro groups is 1. The Hall–Kier alpha value is -1.69. The van der Waals surface area contributed by atoms with E-state index in [1.54, 1.807) is 6.92 Å². The summed E-state index contributed by atoms with van der Waals surface area (Å²) in [7, 11) is 0. The maximum atomic E-state index is 13.3. The van der Waals surface area contributed by atoms with Gasteiger partial charge in [0, 0.05) is 12.6 Å². The molecule has 0 aliphatic heterocycles. The van der Waals surface area contributed by atoms with Crippen molar-refractivity contribution < 1.29 is 9.31 Å². The lowest BCUT2D eigenvalue weighted by atomic mass is 10.1. The second-order valence-corrected chi connectivity index (χ2v) is 4.76. The Bertz CT molecular complexity index is 475. The fourth-order valence-corrected chi connectivity index (χ4v) is 1.88. The molecule has 5 nitrogen and oxygen atoms in total. The molecule has 18 heavy (non-hydrogen) atoms. The van der Waals surface area contributed by atoms with Gasteiger partial charge in [-0.15, -0.1) is 0 Å². The molecule has 1 aliphatic carbocycles. The molecule has 0 spiro atoms. The number of rotatable bonds is 5. The summed E-state index contributed by atoms with van der Waals surface area (Å²) in [6, 6.07) is 2.39. The SMILES string of the molecule is Cc1cc(NCC(N)C2CC2)c([N+](=O)[O-])cc1F. The molecule has 0 bridgehead atoms. The van der Waals surface area contributed by atoms with Crippen LogP contribution in [0.5, 0.6) is 0 Å². The fraction of sp³-hybridized carbons (Fsp3) is 0.500. The number of nitro benzene ring substituents is 1. The quantitative estimate of drug-likeness (QED) is 0.622. The summed E-state index contributed by atoms with van der Waals surface area (Å²) in [6.07, 6.45) is 2.24. The highest BCUT2D eigenvalue weighted by Crippen LogP contribution is 2.32. The van der Waals surface area contributed by atoms with E-state index >= 15 is 0 Å². The van der Waals surface area contributed by atoms with Crippen molar-refractivity contribution in [1.29, 1.82) is 0 Å². The first-order valence-electron chi connectivity index (χ1n) is 5.93. The van der Waals surface area contributed by atoms with E-state index in [4.69, 9.17) is 5.73 Å². The van der Waals surface area contributed by atoms with E-state index in [2.05, 4.69) is 5.32 Å². The summed E-state index contributed by atoms with van der Waals surface area (Å²) in [4.78, 5) is 10.3. The molecule has 3 N–H and O–H groups in total. The zero-order chi connectivity index (χ0) is 13.3. The van der Waals surface area contributed by atoms with Crippen LogP contribution in [-0.2, 0) is 0 Å². The standard InChI is InChI=1S/C12H16FN3O2/c1-7-4-11(12(16(17)18)5-9(7)13)15-6-10(14)8-2-3-8/h4-5,8,10,15H,2-3,6,14H2,1H3. The highest BCUT2D eigenvalue weighted by Gasteiger charge is 2.28. The average molecular weight is 253 g/mol. The van der Waals surface area contributed by atoms with Gasteiger partial charge < -0.3 is 11.1 Å². The molecule has 6 heteroatoms. The molecule has 1 aliphatic rings.